The first-order valence-corrected chi connectivity index (χ1v) is 13.1. The Morgan fingerprint density at radius 2 is 1.41 bits per heavy atom. The van der Waals surface area contributed by atoms with E-state index in [1.54, 1.807) is 34.9 Å². The Kier molecular flexibility index (Phi) is 8.16. The second kappa shape index (κ2) is 12.1. The van der Waals surface area contributed by atoms with E-state index in [9.17, 15) is 14.4 Å². The number of carbonyl (C=O) groups excluding carboxylic acids is 1. The molecular formula is C32H27ClN2O4. The minimum Gasteiger partial charge on any atom is -0.369 e. The van der Waals surface area contributed by atoms with Crippen molar-refractivity contribution in [3.05, 3.63) is 151 Å². The number of nitrogens with zero attached hydrogens (tertiary/aromatic N) is 2. The maximum Gasteiger partial charge on any atom is 0.331 e. The van der Waals surface area contributed by atoms with Gasteiger partial charge in [-0.05, 0) is 41.3 Å². The lowest BCUT2D eigenvalue weighted by atomic mass is 10.1. The molecule has 5 rings (SSSR count). The van der Waals surface area contributed by atoms with Crippen LogP contribution < -0.4 is 11.2 Å². The molecule has 5 aromatic rings. The Balaban J connectivity index is 1.37. The summed E-state index contributed by atoms with van der Waals surface area (Å²) in [7, 11) is 0. The highest BCUT2D eigenvalue weighted by Crippen LogP contribution is 2.17. The fourth-order valence-corrected chi connectivity index (χ4v) is 4.69. The van der Waals surface area contributed by atoms with Gasteiger partial charge in [0.1, 0.15) is 6.61 Å². The zero-order valence-corrected chi connectivity index (χ0v) is 22.0. The number of ketones is 1. The number of hydrogen-bond acceptors (Lipinski definition) is 4. The van der Waals surface area contributed by atoms with E-state index in [1.165, 1.54) is 4.57 Å². The van der Waals surface area contributed by atoms with Crippen LogP contribution in [0.3, 0.4) is 0 Å². The lowest BCUT2D eigenvalue weighted by Crippen LogP contribution is -2.40. The second-order valence-corrected chi connectivity index (χ2v) is 9.76. The number of aromatic nitrogens is 2. The summed E-state index contributed by atoms with van der Waals surface area (Å²) in [6, 6.07) is 31.5. The van der Waals surface area contributed by atoms with Crippen LogP contribution in [0.5, 0.6) is 0 Å². The SMILES string of the molecule is O=C(COCc1ccccc1)c1ccc(Cn2c(=O)n(CCc3ccccc3)c(=O)c3ccc(Cl)cc32)cc1. The van der Waals surface area contributed by atoms with Crippen LogP contribution in [0.2, 0.25) is 5.02 Å². The summed E-state index contributed by atoms with van der Waals surface area (Å²) in [4.78, 5) is 39.4. The molecule has 0 aliphatic carbocycles. The number of benzene rings is 4. The van der Waals surface area contributed by atoms with Gasteiger partial charge in [-0.2, -0.15) is 0 Å². The van der Waals surface area contributed by atoms with E-state index in [2.05, 4.69) is 0 Å². The number of aryl methyl sites for hydroxylation is 1. The van der Waals surface area contributed by atoms with Crippen molar-refractivity contribution < 1.29 is 9.53 Å². The van der Waals surface area contributed by atoms with Gasteiger partial charge in [0.2, 0.25) is 0 Å². The summed E-state index contributed by atoms with van der Waals surface area (Å²) in [6.45, 7) is 0.823. The topological polar surface area (TPSA) is 70.3 Å². The minimum atomic E-state index is -0.403. The normalized spacial score (nSPS) is 11.1. The first-order valence-electron chi connectivity index (χ1n) is 12.7. The highest BCUT2D eigenvalue weighted by atomic mass is 35.5. The van der Waals surface area contributed by atoms with Crippen LogP contribution in [0, 0.1) is 0 Å². The average Bonchev–Trinajstić information content (AvgIpc) is 2.96. The summed E-state index contributed by atoms with van der Waals surface area (Å²) in [5.74, 6) is -0.124. The number of rotatable bonds is 10. The molecule has 196 valence electrons. The molecule has 0 unspecified atom stereocenters. The summed E-state index contributed by atoms with van der Waals surface area (Å²) < 4.78 is 8.42. The van der Waals surface area contributed by atoms with Gasteiger partial charge in [-0.25, -0.2) is 4.79 Å². The zero-order chi connectivity index (χ0) is 27.2. The van der Waals surface area contributed by atoms with Crippen LogP contribution in [0.25, 0.3) is 10.9 Å². The molecule has 0 saturated carbocycles. The summed E-state index contributed by atoms with van der Waals surface area (Å²) >= 11 is 6.24. The van der Waals surface area contributed by atoms with Crippen molar-refractivity contribution in [3.8, 4) is 0 Å². The molecule has 1 heterocycles. The maximum absolute atomic E-state index is 13.6. The first kappa shape index (κ1) is 26.4. The van der Waals surface area contributed by atoms with E-state index in [-0.39, 0.29) is 31.0 Å². The van der Waals surface area contributed by atoms with E-state index in [0.29, 0.717) is 34.5 Å². The van der Waals surface area contributed by atoms with Gasteiger partial charge in [0.15, 0.2) is 5.78 Å². The number of Topliss-reactive ketones (excluding diaryl/α,β-unsaturated/α-hetero) is 1. The highest BCUT2D eigenvalue weighted by molar-refractivity contribution is 6.31. The van der Waals surface area contributed by atoms with Crippen molar-refractivity contribution in [2.24, 2.45) is 0 Å². The molecule has 0 aliphatic heterocycles. The fraction of sp³-hybridized carbons (Fsp3) is 0.156. The van der Waals surface area contributed by atoms with Crippen molar-refractivity contribution in [3.63, 3.8) is 0 Å². The van der Waals surface area contributed by atoms with Gasteiger partial charge in [-0.15, -0.1) is 0 Å². The molecule has 0 bridgehead atoms. The Labute approximate surface area is 230 Å². The second-order valence-electron chi connectivity index (χ2n) is 9.32. The molecule has 0 radical (unpaired) electrons. The molecule has 6 nitrogen and oxygen atoms in total. The molecule has 0 spiro atoms. The van der Waals surface area contributed by atoms with Crippen LogP contribution in [0.15, 0.2) is 113 Å². The van der Waals surface area contributed by atoms with E-state index >= 15 is 0 Å². The smallest absolute Gasteiger partial charge is 0.331 e. The van der Waals surface area contributed by atoms with Crippen LogP contribution in [0.1, 0.15) is 27.0 Å². The predicted molar refractivity (Wildman–Crippen MR) is 154 cm³/mol. The summed E-state index contributed by atoms with van der Waals surface area (Å²) in [5.41, 5.74) is 3.12. The molecule has 4 aromatic carbocycles. The Bertz CT molecular complexity index is 1710. The molecule has 0 fully saturated rings. The van der Waals surface area contributed by atoms with Gasteiger partial charge >= 0.3 is 5.69 Å². The number of hydrogen-bond donors (Lipinski definition) is 0. The first-order chi connectivity index (χ1) is 19.0. The van der Waals surface area contributed by atoms with Gasteiger partial charge in [-0.3, -0.25) is 18.7 Å². The molecule has 0 atom stereocenters. The quantitative estimate of drug-likeness (QED) is 0.220. The van der Waals surface area contributed by atoms with Gasteiger partial charge in [0.05, 0.1) is 24.1 Å². The van der Waals surface area contributed by atoms with Crippen LogP contribution in [-0.2, 0) is 30.9 Å². The van der Waals surface area contributed by atoms with Crippen LogP contribution >= 0.6 is 11.6 Å². The van der Waals surface area contributed by atoms with E-state index in [0.717, 1.165) is 16.7 Å². The predicted octanol–water partition coefficient (Wildman–Crippen LogP) is 5.51. The Morgan fingerprint density at radius 3 is 2.10 bits per heavy atom. The van der Waals surface area contributed by atoms with E-state index < -0.39 is 5.69 Å². The molecule has 0 aliphatic rings. The number of fused-ring (bicyclic) bond motifs is 1. The fourth-order valence-electron chi connectivity index (χ4n) is 4.52. The van der Waals surface area contributed by atoms with Gasteiger partial charge in [0, 0.05) is 17.1 Å². The third kappa shape index (κ3) is 6.25. The zero-order valence-electron chi connectivity index (χ0n) is 21.3. The van der Waals surface area contributed by atoms with Gasteiger partial charge in [-0.1, -0.05) is 96.5 Å². The Hall–Kier alpha value is -4.26. The van der Waals surface area contributed by atoms with Crippen molar-refractivity contribution in [1.29, 1.82) is 0 Å². The summed E-state index contributed by atoms with van der Waals surface area (Å²) in [6.07, 6.45) is 0.554. The average molecular weight is 539 g/mol. The van der Waals surface area contributed by atoms with Crippen molar-refractivity contribution in [1.82, 2.24) is 9.13 Å². The van der Waals surface area contributed by atoms with Gasteiger partial charge in [0.25, 0.3) is 5.56 Å². The standard InChI is InChI=1S/C32H27ClN2O4/c33-27-15-16-28-29(19-27)35(32(38)34(31(28)37)18-17-23-7-3-1-4-8-23)20-24-11-13-26(14-12-24)30(36)22-39-21-25-9-5-2-6-10-25/h1-16,19H,17-18,20-22H2. The van der Waals surface area contributed by atoms with Crippen molar-refractivity contribution >= 4 is 28.3 Å². The minimum absolute atomic E-state index is 0.0246. The highest BCUT2D eigenvalue weighted by Gasteiger charge is 2.15. The number of ether oxygens (including phenoxy) is 1. The number of halogens is 1. The molecule has 0 amide bonds. The Morgan fingerprint density at radius 1 is 0.744 bits per heavy atom. The monoisotopic (exact) mass is 538 g/mol. The lowest BCUT2D eigenvalue weighted by molar-refractivity contribution is 0.0726. The van der Waals surface area contributed by atoms with Gasteiger partial charge < -0.3 is 4.74 Å². The third-order valence-electron chi connectivity index (χ3n) is 6.62. The van der Waals surface area contributed by atoms with Crippen LogP contribution in [0.4, 0.5) is 0 Å². The largest absolute Gasteiger partial charge is 0.369 e. The molecule has 39 heavy (non-hydrogen) atoms. The van der Waals surface area contributed by atoms with Crippen molar-refractivity contribution in [2.45, 2.75) is 26.1 Å². The summed E-state index contributed by atoms with van der Waals surface area (Å²) in [5, 5.41) is 0.864. The molecular weight excluding hydrogens is 512 g/mol. The van der Waals surface area contributed by atoms with E-state index in [4.69, 9.17) is 16.3 Å². The number of carbonyl (C=O) groups is 1. The lowest BCUT2D eigenvalue weighted by Gasteiger charge is -2.15. The molecule has 1 aromatic heterocycles. The molecule has 0 saturated heterocycles. The third-order valence-corrected chi connectivity index (χ3v) is 6.85. The maximum atomic E-state index is 13.6. The van der Waals surface area contributed by atoms with Crippen molar-refractivity contribution in [2.75, 3.05) is 6.61 Å². The molecule has 7 heteroatoms. The van der Waals surface area contributed by atoms with E-state index in [1.807, 2.05) is 72.8 Å². The molecule has 0 N–H and O–H groups in total. The van der Waals surface area contributed by atoms with Crippen LogP contribution in [-0.4, -0.2) is 21.5 Å².